The molecule has 0 bridgehead atoms. The Hall–Kier alpha value is -1.70. The molecule has 7 heteroatoms. The third kappa shape index (κ3) is 3.24. The average Bonchev–Trinajstić information content (AvgIpc) is 2.85. The van der Waals surface area contributed by atoms with Crippen molar-refractivity contribution < 1.29 is 19.3 Å². The summed E-state index contributed by atoms with van der Waals surface area (Å²) in [7, 11) is 0. The minimum atomic E-state index is 0.159. The molecule has 1 fully saturated rings. The first kappa shape index (κ1) is 17.1. The predicted molar refractivity (Wildman–Crippen MR) is 91.9 cm³/mol. The molecule has 0 saturated carbocycles. The molecular formula is C17H29N5O2+2. The molecule has 1 aliphatic rings. The number of aromatic nitrogens is 3. The number of hydrogen-bond acceptors (Lipinski definition) is 4. The first-order valence-electron chi connectivity index (χ1n) is 8.79. The molecule has 3 rings (SSSR count). The van der Waals surface area contributed by atoms with Crippen molar-refractivity contribution in [1.29, 1.82) is 0 Å². The summed E-state index contributed by atoms with van der Waals surface area (Å²) in [5, 5.41) is 10.1. The summed E-state index contributed by atoms with van der Waals surface area (Å²) in [4.78, 5) is 6.26. The molecule has 0 aromatic carbocycles. The molecule has 2 aromatic heterocycles. The maximum Gasteiger partial charge on any atom is 0.232 e. The molecule has 0 atom stereocenters. The molecule has 1 saturated heterocycles. The van der Waals surface area contributed by atoms with Gasteiger partial charge in [0, 0.05) is 18.7 Å². The number of nitrogens with zero attached hydrogens (tertiary/aromatic N) is 3. The summed E-state index contributed by atoms with van der Waals surface area (Å²) < 4.78 is 9.66. The summed E-state index contributed by atoms with van der Waals surface area (Å²) in [6.45, 7) is 11.0. The number of quaternary nitrogens is 1. The fraction of sp³-hybridized carbons (Fsp3) is 0.647. The standard InChI is InChI=1S/C17H27N5O2/c1-13-14(2)22(6-5-20-7-10-24-11-8-20)17-15(13)16(18)21(12-19-17)4-3-9-23/h12,18,23H,3-11H2,1-2H3/p+2. The number of morpholine rings is 1. The van der Waals surface area contributed by atoms with E-state index < -0.39 is 0 Å². The van der Waals surface area contributed by atoms with Crippen molar-refractivity contribution in [1.82, 2.24) is 9.55 Å². The van der Waals surface area contributed by atoms with Gasteiger partial charge < -0.3 is 25.0 Å². The highest BCUT2D eigenvalue weighted by atomic mass is 16.5. The van der Waals surface area contributed by atoms with Crippen molar-refractivity contribution in [3.05, 3.63) is 17.6 Å². The number of aliphatic hydroxyl groups excluding tert-OH is 1. The molecule has 0 aliphatic carbocycles. The van der Waals surface area contributed by atoms with Crippen LogP contribution in [0.15, 0.2) is 6.33 Å². The summed E-state index contributed by atoms with van der Waals surface area (Å²) in [5.74, 6) is 0.742. The van der Waals surface area contributed by atoms with E-state index in [2.05, 4.69) is 23.4 Å². The molecule has 132 valence electrons. The number of ether oxygens (including phenoxy) is 1. The molecule has 2 aromatic rings. The number of aliphatic hydroxyl groups is 1. The Balaban J connectivity index is 1.87. The van der Waals surface area contributed by atoms with E-state index in [1.807, 2.05) is 4.57 Å². The van der Waals surface area contributed by atoms with Crippen LogP contribution in [0.2, 0.25) is 0 Å². The first-order valence-corrected chi connectivity index (χ1v) is 8.79. The topological polar surface area (TPSA) is 81.6 Å². The van der Waals surface area contributed by atoms with E-state index >= 15 is 0 Å². The van der Waals surface area contributed by atoms with E-state index in [9.17, 15) is 0 Å². The summed E-state index contributed by atoms with van der Waals surface area (Å²) in [6, 6.07) is 0. The quantitative estimate of drug-likeness (QED) is 0.581. The van der Waals surface area contributed by atoms with E-state index in [0.717, 1.165) is 56.2 Å². The minimum absolute atomic E-state index is 0.159. The number of fused-ring (bicyclic) bond motifs is 1. The van der Waals surface area contributed by atoms with Crippen molar-refractivity contribution in [2.45, 2.75) is 33.4 Å². The van der Waals surface area contributed by atoms with E-state index in [1.54, 1.807) is 11.2 Å². The van der Waals surface area contributed by atoms with Crippen molar-refractivity contribution >= 4 is 16.9 Å². The molecule has 7 nitrogen and oxygen atoms in total. The third-order valence-electron chi connectivity index (χ3n) is 5.13. The molecular weight excluding hydrogens is 306 g/mol. The number of nitrogens with two attached hydrogens (primary N) is 1. The summed E-state index contributed by atoms with van der Waals surface area (Å²) in [5.41, 5.74) is 9.79. The van der Waals surface area contributed by atoms with Crippen LogP contribution in [0.5, 0.6) is 0 Å². The van der Waals surface area contributed by atoms with Gasteiger partial charge in [-0.1, -0.05) is 4.98 Å². The van der Waals surface area contributed by atoms with Crippen LogP contribution in [-0.2, 0) is 17.8 Å². The number of nitrogen functional groups attached to an aromatic ring is 1. The number of aryl methyl sites for hydroxylation is 2. The van der Waals surface area contributed by atoms with Gasteiger partial charge in [-0.15, -0.1) is 0 Å². The summed E-state index contributed by atoms with van der Waals surface area (Å²) >= 11 is 0. The largest absolute Gasteiger partial charge is 0.396 e. The second-order valence-electron chi connectivity index (χ2n) is 6.57. The van der Waals surface area contributed by atoms with E-state index in [-0.39, 0.29) is 6.61 Å². The fourth-order valence-electron chi connectivity index (χ4n) is 3.49. The van der Waals surface area contributed by atoms with E-state index in [4.69, 9.17) is 15.6 Å². The number of anilines is 1. The Morgan fingerprint density at radius 1 is 1.38 bits per heavy atom. The highest BCUT2D eigenvalue weighted by molar-refractivity contribution is 5.89. The zero-order valence-electron chi connectivity index (χ0n) is 14.7. The van der Waals surface area contributed by atoms with Crippen LogP contribution in [0.3, 0.4) is 0 Å². The van der Waals surface area contributed by atoms with Gasteiger partial charge in [0.15, 0.2) is 0 Å². The Labute approximate surface area is 142 Å². The SMILES string of the molecule is Cc1c(C)n(CC[NH+]2CCOCC2)c2nc[n+](CCCO)c(N)c12. The second-order valence-corrected chi connectivity index (χ2v) is 6.57. The minimum Gasteiger partial charge on any atom is -0.396 e. The molecule has 4 N–H and O–H groups in total. The van der Waals surface area contributed by atoms with Crippen molar-refractivity contribution in [2.75, 3.05) is 45.2 Å². The summed E-state index contributed by atoms with van der Waals surface area (Å²) in [6.07, 6.45) is 2.48. The smallest absolute Gasteiger partial charge is 0.232 e. The van der Waals surface area contributed by atoms with Gasteiger partial charge in [0.2, 0.25) is 17.8 Å². The van der Waals surface area contributed by atoms with Crippen LogP contribution in [-0.4, -0.2) is 54.1 Å². The monoisotopic (exact) mass is 335 g/mol. The zero-order valence-corrected chi connectivity index (χ0v) is 14.7. The van der Waals surface area contributed by atoms with E-state index in [1.165, 1.54) is 11.3 Å². The third-order valence-corrected chi connectivity index (χ3v) is 5.13. The van der Waals surface area contributed by atoms with Crippen molar-refractivity contribution in [3.8, 4) is 0 Å². The predicted octanol–water partition coefficient (Wildman–Crippen LogP) is -1.18. The van der Waals surface area contributed by atoms with E-state index in [0.29, 0.717) is 13.0 Å². The van der Waals surface area contributed by atoms with Crippen LogP contribution in [0.25, 0.3) is 11.0 Å². The van der Waals surface area contributed by atoms with Gasteiger partial charge in [0.1, 0.15) is 18.5 Å². The highest BCUT2D eigenvalue weighted by Gasteiger charge is 2.22. The van der Waals surface area contributed by atoms with Crippen LogP contribution in [0.1, 0.15) is 17.7 Å². The molecule has 0 spiro atoms. The average molecular weight is 335 g/mol. The first-order chi connectivity index (χ1) is 11.6. The van der Waals surface area contributed by atoms with Crippen LogP contribution in [0, 0.1) is 13.8 Å². The van der Waals surface area contributed by atoms with Crippen molar-refractivity contribution in [2.24, 2.45) is 0 Å². The molecule has 3 heterocycles. The number of nitrogens with one attached hydrogen (secondary N) is 1. The van der Waals surface area contributed by atoms with Gasteiger partial charge >= 0.3 is 0 Å². The second kappa shape index (κ2) is 7.46. The van der Waals surface area contributed by atoms with Crippen molar-refractivity contribution in [3.63, 3.8) is 0 Å². The molecule has 24 heavy (non-hydrogen) atoms. The lowest BCUT2D eigenvalue weighted by molar-refractivity contribution is -0.908. The van der Waals surface area contributed by atoms with Gasteiger partial charge in [-0.25, -0.2) is 4.57 Å². The molecule has 0 amide bonds. The zero-order chi connectivity index (χ0) is 17.1. The Morgan fingerprint density at radius 2 is 2.12 bits per heavy atom. The Kier molecular flexibility index (Phi) is 5.33. The lowest BCUT2D eigenvalue weighted by atomic mass is 10.2. The van der Waals surface area contributed by atoms with Gasteiger partial charge in [-0.2, -0.15) is 0 Å². The van der Waals surface area contributed by atoms with Crippen LogP contribution < -0.4 is 15.2 Å². The van der Waals surface area contributed by atoms with Gasteiger partial charge in [0.05, 0.1) is 32.8 Å². The van der Waals surface area contributed by atoms with Gasteiger partial charge in [0.25, 0.3) is 0 Å². The number of hydrogen-bond donors (Lipinski definition) is 3. The van der Waals surface area contributed by atoms with Gasteiger partial charge in [-0.3, -0.25) is 0 Å². The lowest BCUT2D eigenvalue weighted by Crippen LogP contribution is -3.14. The van der Waals surface area contributed by atoms with Crippen LogP contribution >= 0.6 is 0 Å². The maximum atomic E-state index is 9.04. The highest BCUT2D eigenvalue weighted by Crippen LogP contribution is 2.26. The Morgan fingerprint density at radius 3 is 2.83 bits per heavy atom. The normalized spacial score (nSPS) is 16.1. The Bertz CT molecular complexity index is 707. The fourth-order valence-corrected chi connectivity index (χ4v) is 3.49. The molecule has 0 radical (unpaired) electrons. The number of rotatable bonds is 6. The lowest BCUT2D eigenvalue weighted by Gasteiger charge is -2.24. The van der Waals surface area contributed by atoms with Crippen LogP contribution in [0.4, 0.5) is 5.82 Å². The molecule has 0 unspecified atom stereocenters. The van der Waals surface area contributed by atoms with Gasteiger partial charge in [-0.05, 0) is 19.4 Å². The maximum absolute atomic E-state index is 9.04. The molecule has 1 aliphatic heterocycles.